The van der Waals surface area contributed by atoms with Gasteiger partial charge in [-0.05, 0) is 12.1 Å². The Bertz CT molecular complexity index is 524. The minimum atomic E-state index is -4.41. The van der Waals surface area contributed by atoms with Gasteiger partial charge < -0.3 is 5.11 Å². The number of alkyl halides is 3. The molecule has 2 aromatic rings. The zero-order valence-electron chi connectivity index (χ0n) is 9.09. The second-order valence-corrected chi connectivity index (χ2v) is 3.54. The van der Waals surface area contributed by atoms with Crippen LogP contribution >= 0.6 is 0 Å². The van der Waals surface area contributed by atoms with Crippen LogP contribution in [0.5, 0.6) is 0 Å². The van der Waals surface area contributed by atoms with Gasteiger partial charge in [0.25, 0.3) is 0 Å². The largest absolute Gasteiger partial charge is 0.406 e. The first-order chi connectivity index (χ1) is 8.51. The molecule has 18 heavy (non-hydrogen) atoms. The zero-order chi connectivity index (χ0) is 13.2. The quantitative estimate of drug-likeness (QED) is 0.903. The van der Waals surface area contributed by atoms with Crippen molar-refractivity contribution < 1.29 is 18.3 Å². The first-order valence-electron chi connectivity index (χ1n) is 5.01. The number of nitrogens with zero attached hydrogens (tertiary/aromatic N) is 4. The van der Waals surface area contributed by atoms with Crippen molar-refractivity contribution in [3.63, 3.8) is 0 Å². The standard InChI is InChI=1S/C10H9F3N4O/c11-10(12,13)6-17-8(5-18)15-16-9(17)7-1-3-14-4-2-7/h1-4,18H,5-6H2. The van der Waals surface area contributed by atoms with Crippen LogP contribution in [-0.2, 0) is 13.2 Å². The van der Waals surface area contributed by atoms with Gasteiger partial charge >= 0.3 is 6.18 Å². The summed E-state index contributed by atoms with van der Waals surface area (Å²) in [7, 11) is 0. The van der Waals surface area contributed by atoms with Gasteiger partial charge in [-0.25, -0.2) is 0 Å². The molecular weight excluding hydrogens is 249 g/mol. The first kappa shape index (κ1) is 12.5. The summed E-state index contributed by atoms with van der Waals surface area (Å²) in [6, 6.07) is 3.05. The molecule has 5 nitrogen and oxygen atoms in total. The van der Waals surface area contributed by atoms with E-state index in [2.05, 4.69) is 15.2 Å². The number of rotatable bonds is 3. The van der Waals surface area contributed by atoms with E-state index in [1.807, 2.05) is 0 Å². The highest BCUT2D eigenvalue weighted by Gasteiger charge is 2.31. The second kappa shape index (κ2) is 4.73. The summed E-state index contributed by atoms with van der Waals surface area (Å²) >= 11 is 0. The van der Waals surface area contributed by atoms with Crippen molar-refractivity contribution in [2.75, 3.05) is 0 Å². The van der Waals surface area contributed by atoms with E-state index < -0.39 is 19.3 Å². The summed E-state index contributed by atoms with van der Waals surface area (Å²) in [6.07, 6.45) is -1.52. The maximum atomic E-state index is 12.5. The van der Waals surface area contributed by atoms with E-state index in [9.17, 15) is 13.2 Å². The van der Waals surface area contributed by atoms with Gasteiger partial charge in [0, 0.05) is 18.0 Å². The molecule has 0 unspecified atom stereocenters. The van der Waals surface area contributed by atoms with Crippen LogP contribution in [0.4, 0.5) is 13.2 Å². The minimum Gasteiger partial charge on any atom is -0.388 e. The first-order valence-corrected chi connectivity index (χ1v) is 5.01. The normalized spacial score (nSPS) is 11.8. The maximum Gasteiger partial charge on any atom is 0.406 e. The van der Waals surface area contributed by atoms with Gasteiger partial charge in [0.1, 0.15) is 13.2 Å². The Balaban J connectivity index is 2.46. The van der Waals surface area contributed by atoms with Crippen molar-refractivity contribution in [2.24, 2.45) is 0 Å². The van der Waals surface area contributed by atoms with E-state index in [4.69, 9.17) is 5.11 Å². The number of aliphatic hydroxyl groups excluding tert-OH is 1. The Hall–Kier alpha value is -1.96. The molecule has 0 aliphatic carbocycles. The van der Waals surface area contributed by atoms with Crippen LogP contribution < -0.4 is 0 Å². The lowest BCUT2D eigenvalue weighted by Crippen LogP contribution is -2.20. The average molecular weight is 258 g/mol. The lowest BCUT2D eigenvalue weighted by Gasteiger charge is -2.11. The molecule has 0 saturated heterocycles. The Kier molecular flexibility index (Phi) is 3.28. The molecule has 0 saturated carbocycles. The molecule has 0 atom stereocenters. The van der Waals surface area contributed by atoms with Crippen molar-refractivity contribution in [2.45, 2.75) is 19.3 Å². The Labute approximate surface area is 99.9 Å². The van der Waals surface area contributed by atoms with Gasteiger partial charge in [0.15, 0.2) is 11.6 Å². The number of aromatic nitrogens is 4. The maximum absolute atomic E-state index is 12.5. The fraction of sp³-hybridized carbons (Fsp3) is 0.300. The molecule has 1 N–H and O–H groups in total. The van der Waals surface area contributed by atoms with Crippen LogP contribution in [0.1, 0.15) is 5.82 Å². The predicted octanol–water partition coefficient (Wildman–Crippen LogP) is 1.39. The summed E-state index contributed by atoms with van der Waals surface area (Å²) in [5.41, 5.74) is 0.460. The Morgan fingerprint density at radius 1 is 1.17 bits per heavy atom. The highest BCUT2D eigenvalue weighted by Crippen LogP contribution is 2.24. The summed E-state index contributed by atoms with van der Waals surface area (Å²) < 4.78 is 38.2. The third-order valence-corrected chi connectivity index (χ3v) is 2.24. The molecule has 0 amide bonds. The van der Waals surface area contributed by atoms with Crippen LogP contribution in [0.25, 0.3) is 11.4 Å². The molecule has 0 bridgehead atoms. The summed E-state index contributed by atoms with van der Waals surface area (Å²) in [5, 5.41) is 16.2. The van der Waals surface area contributed by atoms with Crippen LogP contribution in [0.3, 0.4) is 0 Å². The molecule has 0 aromatic carbocycles. The lowest BCUT2D eigenvalue weighted by molar-refractivity contribution is -0.141. The minimum absolute atomic E-state index is 0.0544. The van der Waals surface area contributed by atoms with Crippen molar-refractivity contribution >= 4 is 0 Å². The summed E-state index contributed by atoms with van der Waals surface area (Å²) in [5.74, 6) is -0.0714. The van der Waals surface area contributed by atoms with E-state index in [0.717, 1.165) is 4.57 Å². The van der Waals surface area contributed by atoms with Crippen LogP contribution in [0, 0.1) is 0 Å². The van der Waals surface area contributed by atoms with Crippen molar-refractivity contribution in [1.29, 1.82) is 0 Å². The predicted molar refractivity (Wildman–Crippen MR) is 55.2 cm³/mol. The SMILES string of the molecule is OCc1nnc(-c2ccncc2)n1CC(F)(F)F. The molecule has 2 rings (SSSR count). The van der Waals surface area contributed by atoms with Gasteiger partial charge in [-0.3, -0.25) is 9.55 Å². The molecule has 0 spiro atoms. The summed E-state index contributed by atoms with van der Waals surface area (Å²) in [6.45, 7) is -1.85. The molecule has 8 heteroatoms. The second-order valence-electron chi connectivity index (χ2n) is 3.54. The monoisotopic (exact) mass is 258 g/mol. The van der Waals surface area contributed by atoms with E-state index in [1.54, 1.807) is 0 Å². The van der Waals surface area contributed by atoms with Gasteiger partial charge in [0.05, 0.1) is 0 Å². The highest BCUT2D eigenvalue weighted by atomic mass is 19.4. The zero-order valence-corrected chi connectivity index (χ0v) is 9.09. The number of hydrogen-bond donors (Lipinski definition) is 1. The van der Waals surface area contributed by atoms with E-state index in [-0.39, 0.29) is 11.6 Å². The lowest BCUT2D eigenvalue weighted by atomic mass is 10.2. The van der Waals surface area contributed by atoms with E-state index in [1.165, 1.54) is 24.5 Å². The van der Waals surface area contributed by atoms with Crippen LogP contribution in [-0.4, -0.2) is 31.0 Å². The molecule has 0 fully saturated rings. The average Bonchev–Trinajstić information content (AvgIpc) is 2.71. The topological polar surface area (TPSA) is 63.8 Å². The molecule has 0 radical (unpaired) electrons. The number of pyridine rings is 1. The van der Waals surface area contributed by atoms with Crippen molar-refractivity contribution in [3.8, 4) is 11.4 Å². The third-order valence-electron chi connectivity index (χ3n) is 2.24. The molecular formula is C10H9F3N4O. The number of aliphatic hydroxyl groups is 1. The van der Waals surface area contributed by atoms with Gasteiger partial charge in [-0.2, -0.15) is 13.2 Å². The molecule has 2 aromatic heterocycles. The Morgan fingerprint density at radius 3 is 2.39 bits per heavy atom. The van der Waals surface area contributed by atoms with Gasteiger partial charge in [0.2, 0.25) is 0 Å². The molecule has 0 aliphatic rings. The fourth-order valence-corrected chi connectivity index (χ4v) is 1.51. The molecule has 96 valence electrons. The van der Waals surface area contributed by atoms with Crippen LogP contribution in [0.2, 0.25) is 0 Å². The molecule has 0 aliphatic heterocycles. The smallest absolute Gasteiger partial charge is 0.388 e. The third kappa shape index (κ3) is 2.65. The van der Waals surface area contributed by atoms with E-state index >= 15 is 0 Å². The number of halogens is 3. The fourth-order valence-electron chi connectivity index (χ4n) is 1.51. The highest BCUT2D eigenvalue weighted by molar-refractivity contribution is 5.54. The van der Waals surface area contributed by atoms with Crippen molar-refractivity contribution in [3.05, 3.63) is 30.4 Å². The number of hydrogen-bond acceptors (Lipinski definition) is 4. The van der Waals surface area contributed by atoms with E-state index in [0.29, 0.717) is 5.56 Å². The Morgan fingerprint density at radius 2 is 1.83 bits per heavy atom. The van der Waals surface area contributed by atoms with Gasteiger partial charge in [-0.1, -0.05) is 0 Å². The summed E-state index contributed by atoms with van der Waals surface area (Å²) in [4.78, 5) is 3.77. The van der Waals surface area contributed by atoms with Gasteiger partial charge in [-0.15, -0.1) is 10.2 Å². The molecule has 2 heterocycles. The van der Waals surface area contributed by atoms with Crippen LogP contribution in [0.15, 0.2) is 24.5 Å². The van der Waals surface area contributed by atoms with Crippen molar-refractivity contribution in [1.82, 2.24) is 19.7 Å².